The van der Waals surface area contributed by atoms with Gasteiger partial charge in [0, 0.05) is 34.7 Å². The number of rotatable bonds is 6. The topological polar surface area (TPSA) is 46.2 Å². The predicted octanol–water partition coefficient (Wildman–Crippen LogP) is 4.02. The number of carbonyl (C=O) groups excluding carboxylic acids is 2. The molecule has 0 atom stereocenters. The Labute approximate surface area is 131 Å². The van der Waals surface area contributed by atoms with E-state index in [9.17, 15) is 9.59 Å². The third-order valence-electron chi connectivity index (χ3n) is 4.23. The smallest absolute Gasteiger partial charge is 0.220 e. The zero-order chi connectivity index (χ0) is 15.2. The quantitative estimate of drug-likeness (QED) is 0.807. The highest BCUT2D eigenvalue weighted by molar-refractivity contribution is 7.12. The van der Waals surface area contributed by atoms with Gasteiger partial charge in [-0.05, 0) is 38.7 Å². The molecule has 3 nitrogen and oxygen atoms in total. The first kappa shape index (κ1) is 16.2. The lowest BCUT2D eigenvalue weighted by Gasteiger charge is -2.21. The standard InChI is InChI=1S/C17H25NO2S/c1-12-10-15(13(2)21-12)16(19)8-9-17(20)18-11-14-6-4-3-5-7-14/h10,14H,3-9,11H2,1-2H3,(H,18,20). The molecule has 1 fully saturated rings. The van der Waals surface area contributed by atoms with Crippen LogP contribution in [-0.2, 0) is 4.79 Å². The molecule has 0 bridgehead atoms. The van der Waals surface area contributed by atoms with Crippen LogP contribution in [-0.4, -0.2) is 18.2 Å². The summed E-state index contributed by atoms with van der Waals surface area (Å²) in [6.07, 6.45) is 6.98. The zero-order valence-electron chi connectivity index (χ0n) is 13.0. The van der Waals surface area contributed by atoms with Gasteiger partial charge in [0.05, 0.1) is 0 Å². The number of ketones is 1. The van der Waals surface area contributed by atoms with E-state index in [1.807, 2.05) is 19.9 Å². The molecule has 1 heterocycles. The maximum Gasteiger partial charge on any atom is 0.220 e. The Kier molecular flexibility index (Phi) is 5.97. The fourth-order valence-corrected chi connectivity index (χ4v) is 3.95. The van der Waals surface area contributed by atoms with Crippen molar-refractivity contribution in [3.63, 3.8) is 0 Å². The lowest BCUT2D eigenvalue weighted by Crippen LogP contribution is -2.30. The molecule has 0 radical (unpaired) electrons. The summed E-state index contributed by atoms with van der Waals surface area (Å²) in [5.41, 5.74) is 0.789. The Hall–Kier alpha value is -1.16. The van der Waals surface area contributed by atoms with Crippen molar-refractivity contribution in [2.45, 2.75) is 58.8 Å². The normalized spacial score (nSPS) is 15.9. The van der Waals surface area contributed by atoms with Crippen LogP contribution in [0.15, 0.2) is 6.07 Å². The molecular formula is C17H25NO2S. The van der Waals surface area contributed by atoms with Crippen molar-refractivity contribution in [3.05, 3.63) is 21.4 Å². The SMILES string of the molecule is Cc1cc(C(=O)CCC(=O)NCC2CCCCC2)c(C)s1. The van der Waals surface area contributed by atoms with Crippen LogP contribution < -0.4 is 5.32 Å². The molecule has 0 aromatic carbocycles. The summed E-state index contributed by atoms with van der Waals surface area (Å²) in [5, 5.41) is 2.99. The molecule has 2 rings (SSSR count). The molecule has 0 saturated heterocycles. The summed E-state index contributed by atoms with van der Waals surface area (Å²) in [4.78, 5) is 26.2. The largest absolute Gasteiger partial charge is 0.356 e. The second kappa shape index (κ2) is 7.74. The first-order chi connectivity index (χ1) is 10.1. The van der Waals surface area contributed by atoms with Gasteiger partial charge in [-0.1, -0.05) is 19.3 Å². The van der Waals surface area contributed by atoms with Gasteiger partial charge in [-0.25, -0.2) is 0 Å². The Morgan fingerprint density at radius 1 is 1.19 bits per heavy atom. The van der Waals surface area contributed by atoms with E-state index < -0.39 is 0 Å². The van der Waals surface area contributed by atoms with E-state index in [4.69, 9.17) is 0 Å². The highest BCUT2D eigenvalue weighted by Gasteiger charge is 2.16. The van der Waals surface area contributed by atoms with Gasteiger partial charge in [-0.3, -0.25) is 9.59 Å². The van der Waals surface area contributed by atoms with Crippen molar-refractivity contribution in [2.75, 3.05) is 6.54 Å². The maximum atomic E-state index is 12.1. The molecule has 1 aromatic heterocycles. The molecule has 1 aromatic rings. The Morgan fingerprint density at radius 2 is 1.90 bits per heavy atom. The van der Waals surface area contributed by atoms with E-state index >= 15 is 0 Å². The molecule has 1 amide bonds. The number of thiophene rings is 1. The molecule has 1 N–H and O–H groups in total. The molecule has 1 aliphatic carbocycles. The molecule has 4 heteroatoms. The molecule has 0 spiro atoms. The number of nitrogens with one attached hydrogen (secondary N) is 1. The van der Waals surface area contributed by atoms with E-state index in [1.54, 1.807) is 11.3 Å². The zero-order valence-corrected chi connectivity index (χ0v) is 13.9. The summed E-state index contributed by atoms with van der Waals surface area (Å²) in [5.74, 6) is 0.739. The van der Waals surface area contributed by atoms with Crippen LogP contribution in [0.5, 0.6) is 0 Å². The van der Waals surface area contributed by atoms with Crippen LogP contribution in [0.2, 0.25) is 0 Å². The van der Waals surface area contributed by atoms with Crippen molar-refractivity contribution >= 4 is 23.0 Å². The van der Waals surface area contributed by atoms with E-state index in [0.29, 0.717) is 18.8 Å². The number of hydrogen-bond acceptors (Lipinski definition) is 3. The van der Waals surface area contributed by atoms with Gasteiger partial charge in [-0.15, -0.1) is 11.3 Å². The van der Waals surface area contributed by atoms with Crippen molar-refractivity contribution in [1.82, 2.24) is 5.32 Å². The number of aryl methyl sites for hydroxylation is 2. The molecule has 1 saturated carbocycles. The van der Waals surface area contributed by atoms with Gasteiger partial charge in [0.2, 0.25) is 5.91 Å². The van der Waals surface area contributed by atoms with Crippen LogP contribution in [0.25, 0.3) is 0 Å². The van der Waals surface area contributed by atoms with Gasteiger partial charge >= 0.3 is 0 Å². The minimum Gasteiger partial charge on any atom is -0.356 e. The van der Waals surface area contributed by atoms with Crippen LogP contribution in [0.1, 0.15) is 65.1 Å². The molecule has 116 valence electrons. The molecule has 0 unspecified atom stereocenters. The van der Waals surface area contributed by atoms with Crippen molar-refractivity contribution in [3.8, 4) is 0 Å². The predicted molar refractivity (Wildman–Crippen MR) is 86.9 cm³/mol. The monoisotopic (exact) mass is 307 g/mol. The van der Waals surface area contributed by atoms with Crippen LogP contribution in [0.3, 0.4) is 0 Å². The number of carbonyl (C=O) groups is 2. The van der Waals surface area contributed by atoms with Crippen molar-refractivity contribution < 1.29 is 9.59 Å². The highest BCUT2D eigenvalue weighted by atomic mass is 32.1. The highest BCUT2D eigenvalue weighted by Crippen LogP contribution is 2.23. The van der Waals surface area contributed by atoms with Crippen LogP contribution >= 0.6 is 11.3 Å². The van der Waals surface area contributed by atoms with Crippen molar-refractivity contribution in [1.29, 1.82) is 0 Å². The Balaban J connectivity index is 1.71. The molecule has 1 aliphatic rings. The van der Waals surface area contributed by atoms with E-state index in [0.717, 1.165) is 21.9 Å². The number of Topliss-reactive ketones (excluding diaryl/α,β-unsaturated/α-hetero) is 1. The minimum absolute atomic E-state index is 0.0125. The molecule has 21 heavy (non-hydrogen) atoms. The summed E-state index contributed by atoms with van der Waals surface area (Å²) < 4.78 is 0. The summed E-state index contributed by atoms with van der Waals surface area (Å²) >= 11 is 1.64. The van der Waals surface area contributed by atoms with Crippen LogP contribution in [0.4, 0.5) is 0 Å². The van der Waals surface area contributed by atoms with Gasteiger partial charge in [-0.2, -0.15) is 0 Å². The summed E-state index contributed by atoms with van der Waals surface area (Å²) in [6.45, 7) is 4.75. The second-order valence-corrected chi connectivity index (χ2v) is 7.52. The lowest BCUT2D eigenvalue weighted by molar-refractivity contribution is -0.121. The lowest BCUT2D eigenvalue weighted by atomic mass is 9.89. The third-order valence-corrected chi connectivity index (χ3v) is 5.20. The van der Waals surface area contributed by atoms with Crippen LogP contribution in [0, 0.1) is 19.8 Å². The average molecular weight is 307 g/mol. The first-order valence-electron chi connectivity index (χ1n) is 7.93. The summed E-state index contributed by atoms with van der Waals surface area (Å²) in [6, 6.07) is 1.93. The molecular weight excluding hydrogens is 282 g/mol. The first-order valence-corrected chi connectivity index (χ1v) is 8.75. The fourth-order valence-electron chi connectivity index (χ4n) is 3.01. The van der Waals surface area contributed by atoms with Crippen molar-refractivity contribution in [2.24, 2.45) is 5.92 Å². The number of amides is 1. The van der Waals surface area contributed by atoms with E-state index in [1.165, 1.54) is 32.1 Å². The number of hydrogen-bond donors (Lipinski definition) is 1. The molecule has 0 aliphatic heterocycles. The average Bonchev–Trinajstić information content (AvgIpc) is 2.82. The van der Waals surface area contributed by atoms with Gasteiger partial charge in [0.1, 0.15) is 0 Å². The third kappa shape index (κ3) is 4.95. The minimum atomic E-state index is 0.0125. The van der Waals surface area contributed by atoms with Gasteiger partial charge in [0.15, 0.2) is 5.78 Å². The van der Waals surface area contributed by atoms with E-state index in [-0.39, 0.29) is 11.7 Å². The Morgan fingerprint density at radius 3 is 2.52 bits per heavy atom. The van der Waals surface area contributed by atoms with Gasteiger partial charge in [0.25, 0.3) is 0 Å². The summed E-state index contributed by atoms with van der Waals surface area (Å²) in [7, 11) is 0. The second-order valence-electron chi connectivity index (χ2n) is 6.06. The maximum absolute atomic E-state index is 12.1. The fraction of sp³-hybridized carbons (Fsp3) is 0.647. The van der Waals surface area contributed by atoms with E-state index in [2.05, 4.69) is 5.32 Å². The Bertz CT molecular complexity index is 501. The van der Waals surface area contributed by atoms with Gasteiger partial charge < -0.3 is 5.32 Å².